The monoisotopic (exact) mass is 420 g/mol. The molecule has 2 aromatic heterocycles. The van der Waals surface area contributed by atoms with Crippen LogP contribution in [0.4, 0.5) is 0 Å². The van der Waals surface area contributed by atoms with Crippen LogP contribution in [0.3, 0.4) is 0 Å². The first-order chi connectivity index (χ1) is 14.2. The molecular weight excluding hydrogens is 396 g/mol. The van der Waals surface area contributed by atoms with Gasteiger partial charge in [0.1, 0.15) is 5.52 Å². The van der Waals surface area contributed by atoms with Crippen molar-refractivity contribution >= 4 is 20.9 Å². The molecule has 0 aliphatic rings. The number of aryl methyl sites for hydroxylation is 4. The van der Waals surface area contributed by atoms with Crippen molar-refractivity contribution in [2.45, 2.75) is 39.1 Å². The fourth-order valence-electron chi connectivity index (χ4n) is 3.66. The normalized spacial score (nSPS) is 11.9. The summed E-state index contributed by atoms with van der Waals surface area (Å²) in [7, 11) is -3.90. The van der Waals surface area contributed by atoms with Gasteiger partial charge < -0.3 is 4.57 Å². The van der Waals surface area contributed by atoms with Gasteiger partial charge in [-0.25, -0.2) is 12.4 Å². The van der Waals surface area contributed by atoms with Crippen LogP contribution in [0.5, 0.6) is 0 Å². The molecule has 0 atom stereocenters. The molecular formula is C24H24N2O3S. The molecule has 4 aromatic rings. The predicted octanol–water partition coefficient (Wildman–Crippen LogP) is 4.65. The number of aromatic nitrogens is 2. The van der Waals surface area contributed by atoms with Crippen molar-refractivity contribution in [3.05, 3.63) is 88.0 Å². The minimum Gasteiger partial charge on any atom is -0.313 e. The number of hydrogen-bond donors (Lipinski definition) is 0. The van der Waals surface area contributed by atoms with Gasteiger partial charge in [0.2, 0.25) is 0 Å². The Labute approximate surface area is 176 Å². The molecule has 0 unspecified atom stereocenters. The summed E-state index contributed by atoms with van der Waals surface area (Å²) in [6, 6.07) is 14.5. The second-order valence-corrected chi connectivity index (χ2v) is 9.44. The third-order valence-corrected chi connectivity index (χ3v) is 7.32. The summed E-state index contributed by atoms with van der Waals surface area (Å²) in [6.45, 7) is 8.31. The van der Waals surface area contributed by atoms with E-state index in [0.717, 1.165) is 26.2 Å². The minimum atomic E-state index is -3.90. The van der Waals surface area contributed by atoms with E-state index >= 15 is 0 Å². The van der Waals surface area contributed by atoms with Crippen LogP contribution in [0.2, 0.25) is 0 Å². The zero-order valence-corrected chi connectivity index (χ0v) is 18.3. The van der Waals surface area contributed by atoms with Gasteiger partial charge in [0.05, 0.1) is 4.90 Å². The van der Waals surface area contributed by atoms with Crippen molar-refractivity contribution in [2.24, 2.45) is 0 Å². The van der Waals surface area contributed by atoms with Crippen molar-refractivity contribution in [3.63, 3.8) is 0 Å². The largest absolute Gasteiger partial charge is 0.313 e. The molecule has 30 heavy (non-hydrogen) atoms. The van der Waals surface area contributed by atoms with E-state index in [2.05, 4.69) is 6.07 Å². The maximum absolute atomic E-state index is 13.3. The Morgan fingerprint density at radius 3 is 2.23 bits per heavy atom. The van der Waals surface area contributed by atoms with E-state index in [1.54, 1.807) is 34.9 Å². The number of hydrogen-bond acceptors (Lipinski definition) is 3. The summed E-state index contributed by atoms with van der Waals surface area (Å²) >= 11 is 0. The Kier molecular flexibility index (Phi) is 4.90. The zero-order chi connectivity index (χ0) is 21.6. The summed E-state index contributed by atoms with van der Waals surface area (Å²) in [6.07, 6.45) is 3.30. The lowest BCUT2D eigenvalue weighted by Crippen LogP contribution is -2.24. The van der Waals surface area contributed by atoms with Crippen LogP contribution in [0.1, 0.15) is 23.6 Å². The molecule has 0 fully saturated rings. The first-order valence-corrected chi connectivity index (χ1v) is 11.3. The molecule has 0 radical (unpaired) electrons. The third-order valence-electron chi connectivity index (χ3n) is 5.63. The van der Waals surface area contributed by atoms with Crippen LogP contribution >= 0.6 is 0 Å². The standard InChI is InChI=1S/C24H24N2O3S/c1-5-25-15-22(19-9-8-17(3)18(4)14-19)21-12-13-26(23(21)24(25)27)30(28,29)20-10-6-16(2)7-11-20/h6-15H,5H2,1-4H3. The first kappa shape index (κ1) is 20.2. The lowest BCUT2D eigenvalue weighted by atomic mass is 9.99. The molecule has 0 saturated heterocycles. The molecule has 0 N–H and O–H groups in total. The number of nitrogens with zero attached hydrogens (tertiary/aromatic N) is 2. The van der Waals surface area contributed by atoms with Crippen LogP contribution in [-0.4, -0.2) is 17.0 Å². The van der Waals surface area contributed by atoms with Gasteiger partial charge in [0.15, 0.2) is 0 Å². The smallest absolute Gasteiger partial charge is 0.276 e. The zero-order valence-electron chi connectivity index (χ0n) is 17.5. The first-order valence-electron chi connectivity index (χ1n) is 9.88. The van der Waals surface area contributed by atoms with Crippen LogP contribution in [0.25, 0.3) is 22.0 Å². The number of benzene rings is 2. The SMILES string of the molecule is CCn1cc(-c2ccc(C)c(C)c2)c2ccn(S(=O)(=O)c3ccc(C)cc3)c2c1=O. The molecule has 0 bridgehead atoms. The van der Waals surface area contributed by atoms with Crippen LogP contribution in [0.15, 0.2) is 70.6 Å². The van der Waals surface area contributed by atoms with E-state index in [-0.39, 0.29) is 16.0 Å². The highest BCUT2D eigenvalue weighted by atomic mass is 32.2. The maximum Gasteiger partial charge on any atom is 0.276 e. The van der Waals surface area contributed by atoms with Gasteiger partial charge in [-0.3, -0.25) is 4.79 Å². The minimum absolute atomic E-state index is 0.157. The molecule has 0 aliphatic carbocycles. The van der Waals surface area contributed by atoms with E-state index < -0.39 is 10.0 Å². The molecule has 4 rings (SSSR count). The number of fused-ring (bicyclic) bond motifs is 1. The summed E-state index contributed by atoms with van der Waals surface area (Å²) in [5.74, 6) is 0. The topological polar surface area (TPSA) is 61.1 Å². The van der Waals surface area contributed by atoms with Crippen molar-refractivity contribution in [1.29, 1.82) is 0 Å². The van der Waals surface area contributed by atoms with E-state index in [4.69, 9.17) is 0 Å². The summed E-state index contributed by atoms with van der Waals surface area (Å²) < 4.78 is 29.3. The Hall–Kier alpha value is -3.12. The summed E-state index contributed by atoms with van der Waals surface area (Å²) in [5.41, 5.74) is 4.94. The molecule has 154 valence electrons. The van der Waals surface area contributed by atoms with Gasteiger partial charge in [-0.15, -0.1) is 0 Å². The van der Waals surface area contributed by atoms with E-state index in [1.165, 1.54) is 11.8 Å². The van der Waals surface area contributed by atoms with Gasteiger partial charge in [0, 0.05) is 29.9 Å². The molecule has 0 saturated carbocycles. The van der Waals surface area contributed by atoms with Gasteiger partial charge in [-0.1, -0.05) is 35.9 Å². The lowest BCUT2D eigenvalue weighted by molar-refractivity contribution is 0.588. The maximum atomic E-state index is 13.3. The molecule has 0 aliphatic heterocycles. The van der Waals surface area contributed by atoms with Crippen molar-refractivity contribution in [2.75, 3.05) is 0 Å². The number of rotatable bonds is 4. The van der Waals surface area contributed by atoms with E-state index in [9.17, 15) is 13.2 Å². The highest BCUT2D eigenvalue weighted by molar-refractivity contribution is 7.90. The van der Waals surface area contributed by atoms with Gasteiger partial charge >= 0.3 is 0 Å². The number of pyridine rings is 1. The van der Waals surface area contributed by atoms with Crippen LogP contribution in [-0.2, 0) is 16.6 Å². The third kappa shape index (κ3) is 3.17. The molecule has 5 nitrogen and oxygen atoms in total. The van der Waals surface area contributed by atoms with Crippen LogP contribution < -0.4 is 5.56 Å². The Bertz CT molecular complexity index is 1430. The summed E-state index contributed by atoms with van der Waals surface area (Å²) in [5, 5.41) is 0.628. The predicted molar refractivity (Wildman–Crippen MR) is 121 cm³/mol. The van der Waals surface area contributed by atoms with E-state index in [0.29, 0.717) is 11.9 Å². The second-order valence-electron chi connectivity index (χ2n) is 7.62. The van der Waals surface area contributed by atoms with Gasteiger partial charge in [-0.05, 0) is 62.6 Å². The van der Waals surface area contributed by atoms with Crippen molar-refractivity contribution in [3.8, 4) is 11.1 Å². The molecule has 2 aromatic carbocycles. The fourth-order valence-corrected chi connectivity index (χ4v) is 5.00. The van der Waals surface area contributed by atoms with Gasteiger partial charge in [-0.2, -0.15) is 0 Å². The Morgan fingerprint density at radius 1 is 0.900 bits per heavy atom. The van der Waals surface area contributed by atoms with Gasteiger partial charge in [0.25, 0.3) is 15.6 Å². The Balaban J connectivity index is 2.04. The summed E-state index contributed by atoms with van der Waals surface area (Å²) in [4.78, 5) is 13.3. The van der Waals surface area contributed by atoms with E-state index in [1.807, 2.05) is 46.0 Å². The average molecular weight is 421 g/mol. The average Bonchev–Trinajstić information content (AvgIpc) is 3.17. The Morgan fingerprint density at radius 2 is 1.60 bits per heavy atom. The van der Waals surface area contributed by atoms with Crippen molar-refractivity contribution < 1.29 is 8.42 Å². The van der Waals surface area contributed by atoms with Crippen LogP contribution in [0, 0.1) is 20.8 Å². The second kappa shape index (κ2) is 7.29. The molecule has 6 heteroatoms. The molecule has 0 spiro atoms. The highest BCUT2D eigenvalue weighted by Gasteiger charge is 2.23. The molecule has 2 heterocycles. The lowest BCUT2D eigenvalue weighted by Gasteiger charge is -2.13. The highest BCUT2D eigenvalue weighted by Crippen LogP contribution is 2.30. The van der Waals surface area contributed by atoms with Crippen molar-refractivity contribution in [1.82, 2.24) is 8.54 Å². The molecule has 0 amide bonds. The fraction of sp³-hybridized carbons (Fsp3) is 0.208. The quantitative estimate of drug-likeness (QED) is 0.483.